The first-order chi connectivity index (χ1) is 13.1. The SMILES string of the molecule is NNC(=O)c1ccc(CC2CN(C(=O)Nc3ccccc3)CCO2)cc1F. The Balaban J connectivity index is 1.60. The number of nitrogens with two attached hydrogens (primary N) is 1. The zero-order valence-electron chi connectivity index (χ0n) is 14.7. The van der Waals surface area contributed by atoms with Crippen LogP contribution in [0.25, 0.3) is 0 Å². The number of hydrogen-bond acceptors (Lipinski definition) is 4. The van der Waals surface area contributed by atoms with E-state index in [0.29, 0.717) is 31.7 Å². The standard InChI is InChI=1S/C19H21FN4O3/c20-17-11-13(6-7-16(17)18(25)23-21)10-15-12-24(8-9-27-15)19(26)22-14-4-2-1-3-5-14/h1-7,11,15H,8-10,12,21H2,(H,22,26)(H,23,25). The van der Waals surface area contributed by atoms with Gasteiger partial charge < -0.3 is 15.0 Å². The summed E-state index contributed by atoms with van der Waals surface area (Å²) in [5.41, 5.74) is 3.19. The molecule has 1 saturated heterocycles. The molecule has 7 nitrogen and oxygen atoms in total. The molecular weight excluding hydrogens is 351 g/mol. The van der Waals surface area contributed by atoms with Crippen molar-refractivity contribution in [3.63, 3.8) is 0 Å². The third-order valence-electron chi connectivity index (χ3n) is 4.32. The minimum Gasteiger partial charge on any atom is -0.374 e. The average Bonchev–Trinajstić information content (AvgIpc) is 2.68. The van der Waals surface area contributed by atoms with E-state index in [4.69, 9.17) is 10.6 Å². The van der Waals surface area contributed by atoms with Crippen LogP contribution in [0.4, 0.5) is 14.9 Å². The Morgan fingerprint density at radius 2 is 2.00 bits per heavy atom. The highest BCUT2D eigenvalue weighted by atomic mass is 19.1. The van der Waals surface area contributed by atoms with Gasteiger partial charge in [-0.3, -0.25) is 10.2 Å². The maximum absolute atomic E-state index is 14.1. The summed E-state index contributed by atoms with van der Waals surface area (Å²) < 4.78 is 19.8. The van der Waals surface area contributed by atoms with E-state index < -0.39 is 11.7 Å². The number of nitrogen functional groups attached to an aromatic ring is 1. The molecule has 1 fully saturated rings. The number of morpholine rings is 1. The highest BCUT2D eigenvalue weighted by Gasteiger charge is 2.25. The van der Waals surface area contributed by atoms with E-state index in [1.54, 1.807) is 11.0 Å². The van der Waals surface area contributed by atoms with Crippen LogP contribution in [0.3, 0.4) is 0 Å². The van der Waals surface area contributed by atoms with Crippen LogP contribution >= 0.6 is 0 Å². The van der Waals surface area contributed by atoms with Gasteiger partial charge in [0.05, 0.1) is 18.3 Å². The minimum absolute atomic E-state index is 0.116. The highest BCUT2D eigenvalue weighted by Crippen LogP contribution is 2.16. The summed E-state index contributed by atoms with van der Waals surface area (Å²) in [6.45, 7) is 1.29. The van der Waals surface area contributed by atoms with Crippen molar-refractivity contribution in [1.29, 1.82) is 0 Å². The van der Waals surface area contributed by atoms with E-state index in [2.05, 4.69) is 5.32 Å². The van der Waals surface area contributed by atoms with Crippen LogP contribution in [-0.2, 0) is 11.2 Å². The number of nitrogens with one attached hydrogen (secondary N) is 2. The van der Waals surface area contributed by atoms with Crippen LogP contribution in [0.2, 0.25) is 0 Å². The molecule has 1 aliphatic rings. The molecule has 0 spiro atoms. The number of amides is 3. The molecule has 0 saturated carbocycles. The maximum atomic E-state index is 14.1. The zero-order chi connectivity index (χ0) is 19.2. The van der Waals surface area contributed by atoms with Crippen LogP contribution in [-0.4, -0.2) is 42.6 Å². The van der Waals surface area contributed by atoms with Gasteiger partial charge in [-0.25, -0.2) is 15.0 Å². The first-order valence-corrected chi connectivity index (χ1v) is 8.59. The minimum atomic E-state index is -0.684. The molecule has 0 aliphatic carbocycles. The fourth-order valence-electron chi connectivity index (χ4n) is 2.96. The number of para-hydroxylation sites is 1. The third kappa shape index (κ3) is 4.81. The number of nitrogens with zero attached hydrogens (tertiary/aromatic N) is 1. The van der Waals surface area contributed by atoms with Crippen LogP contribution < -0.4 is 16.6 Å². The second-order valence-corrected chi connectivity index (χ2v) is 6.23. The van der Waals surface area contributed by atoms with Gasteiger partial charge in [0.2, 0.25) is 0 Å². The van der Waals surface area contributed by atoms with E-state index in [1.807, 2.05) is 35.8 Å². The lowest BCUT2D eigenvalue weighted by Gasteiger charge is -2.33. The fourth-order valence-corrected chi connectivity index (χ4v) is 2.96. The van der Waals surface area contributed by atoms with Crippen molar-refractivity contribution in [2.45, 2.75) is 12.5 Å². The Bertz CT molecular complexity index is 816. The Labute approximate surface area is 156 Å². The summed E-state index contributed by atoms with van der Waals surface area (Å²) in [6.07, 6.45) is 0.171. The molecule has 3 amide bonds. The Morgan fingerprint density at radius 1 is 1.22 bits per heavy atom. The van der Waals surface area contributed by atoms with Gasteiger partial charge in [0, 0.05) is 25.2 Å². The molecule has 1 heterocycles. The van der Waals surface area contributed by atoms with Crippen molar-refractivity contribution < 1.29 is 18.7 Å². The molecule has 1 atom stereocenters. The second kappa shape index (κ2) is 8.61. The van der Waals surface area contributed by atoms with Gasteiger partial charge in [-0.15, -0.1) is 0 Å². The van der Waals surface area contributed by atoms with Crippen LogP contribution in [0, 0.1) is 5.82 Å². The predicted molar refractivity (Wildman–Crippen MR) is 98.5 cm³/mol. The predicted octanol–water partition coefficient (Wildman–Crippen LogP) is 1.90. The topological polar surface area (TPSA) is 96.7 Å². The lowest BCUT2D eigenvalue weighted by atomic mass is 10.0. The van der Waals surface area contributed by atoms with Gasteiger partial charge in [0.15, 0.2) is 0 Å². The number of halogens is 1. The largest absolute Gasteiger partial charge is 0.374 e. The van der Waals surface area contributed by atoms with E-state index in [1.165, 1.54) is 12.1 Å². The van der Waals surface area contributed by atoms with Gasteiger partial charge >= 0.3 is 6.03 Å². The zero-order valence-corrected chi connectivity index (χ0v) is 14.7. The van der Waals surface area contributed by atoms with Crippen molar-refractivity contribution in [3.8, 4) is 0 Å². The number of carbonyl (C=O) groups is 2. The number of urea groups is 1. The number of benzene rings is 2. The summed E-state index contributed by atoms with van der Waals surface area (Å²) in [4.78, 5) is 25.5. The molecular formula is C19H21FN4O3. The number of carbonyl (C=O) groups excluding carboxylic acids is 2. The van der Waals surface area contributed by atoms with Gasteiger partial charge in [-0.2, -0.15) is 0 Å². The van der Waals surface area contributed by atoms with Crippen LogP contribution in [0.15, 0.2) is 48.5 Å². The van der Waals surface area contributed by atoms with Gasteiger partial charge in [0.1, 0.15) is 5.82 Å². The molecule has 0 aromatic heterocycles. The molecule has 0 bridgehead atoms. The molecule has 3 rings (SSSR count). The third-order valence-corrected chi connectivity index (χ3v) is 4.32. The van der Waals surface area contributed by atoms with Gasteiger partial charge in [-0.05, 0) is 29.8 Å². The Hall–Kier alpha value is -2.97. The van der Waals surface area contributed by atoms with Crippen molar-refractivity contribution in [3.05, 3.63) is 65.5 Å². The Morgan fingerprint density at radius 3 is 2.70 bits per heavy atom. The number of hydrazine groups is 1. The van der Waals surface area contributed by atoms with Gasteiger partial charge in [0.25, 0.3) is 5.91 Å². The molecule has 2 aromatic rings. The summed E-state index contributed by atoms with van der Waals surface area (Å²) >= 11 is 0. The lowest BCUT2D eigenvalue weighted by molar-refractivity contribution is -0.0113. The molecule has 1 unspecified atom stereocenters. The monoisotopic (exact) mass is 372 g/mol. The van der Waals surface area contributed by atoms with E-state index in [-0.39, 0.29) is 17.7 Å². The van der Waals surface area contributed by atoms with Crippen molar-refractivity contribution >= 4 is 17.6 Å². The van der Waals surface area contributed by atoms with Crippen molar-refractivity contribution in [2.75, 3.05) is 25.0 Å². The first-order valence-electron chi connectivity index (χ1n) is 8.59. The molecule has 0 radical (unpaired) electrons. The van der Waals surface area contributed by atoms with Crippen LogP contribution in [0.1, 0.15) is 15.9 Å². The average molecular weight is 372 g/mol. The molecule has 142 valence electrons. The lowest BCUT2D eigenvalue weighted by Crippen LogP contribution is -2.48. The molecule has 8 heteroatoms. The van der Waals surface area contributed by atoms with Crippen molar-refractivity contribution in [2.24, 2.45) is 5.84 Å². The normalized spacial score (nSPS) is 16.7. The van der Waals surface area contributed by atoms with E-state index in [0.717, 1.165) is 5.69 Å². The second-order valence-electron chi connectivity index (χ2n) is 6.23. The number of anilines is 1. The molecule has 27 heavy (non-hydrogen) atoms. The van der Waals surface area contributed by atoms with Crippen molar-refractivity contribution in [1.82, 2.24) is 10.3 Å². The van der Waals surface area contributed by atoms with E-state index >= 15 is 0 Å². The quantitative estimate of drug-likeness (QED) is 0.434. The number of rotatable bonds is 4. The highest BCUT2D eigenvalue weighted by molar-refractivity contribution is 5.94. The van der Waals surface area contributed by atoms with E-state index in [9.17, 15) is 14.0 Å². The smallest absolute Gasteiger partial charge is 0.322 e. The van der Waals surface area contributed by atoms with Gasteiger partial charge in [-0.1, -0.05) is 24.3 Å². The fraction of sp³-hybridized carbons (Fsp3) is 0.263. The number of ether oxygens (including phenoxy) is 1. The van der Waals surface area contributed by atoms with Crippen LogP contribution in [0.5, 0.6) is 0 Å². The molecule has 1 aliphatic heterocycles. The first kappa shape index (κ1) is 18.8. The summed E-state index contributed by atoms with van der Waals surface area (Å²) in [5.74, 6) is 3.70. The summed E-state index contributed by atoms with van der Waals surface area (Å²) in [5, 5.41) is 2.85. The molecule has 2 aromatic carbocycles. The maximum Gasteiger partial charge on any atom is 0.322 e. The molecule has 4 N–H and O–H groups in total. The number of hydrogen-bond donors (Lipinski definition) is 3. The summed E-state index contributed by atoms with van der Waals surface area (Å²) in [7, 11) is 0. The summed E-state index contributed by atoms with van der Waals surface area (Å²) in [6, 6.07) is 13.3. The Kier molecular flexibility index (Phi) is 6.00.